The Bertz CT molecular complexity index is 1210. The summed E-state index contributed by atoms with van der Waals surface area (Å²) < 4.78 is 6.92. The van der Waals surface area contributed by atoms with E-state index in [-0.39, 0.29) is 12.5 Å². The molecule has 4 rings (SSSR count). The van der Waals surface area contributed by atoms with Crippen molar-refractivity contribution in [2.75, 3.05) is 11.4 Å². The van der Waals surface area contributed by atoms with E-state index >= 15 is 0 Å². The summed E-state index contributed by atoms with van der Waals surface area (Å²) in [5.74, 6) is -0.0888. The molecule has 0 spiro atoms. The first-order chi connectivity index (χ1) is 13.1. The molecule has 0 aliphatic rings. The fourth-order valence-corrected chi connectivity index (χ4v) is 3.41. The maximum absolute atomic E-state index is 13.0. The van der Waals surface area contributed by atoms with E-state index in [4.69, 9.17) is 4.42 Å². The van der Waals surface area contributed by atoms with Gasteiger partial charge in [0.2, 0.25) is 5.91 Å². The van der Waals surface area contributed by atoms with Gasteiger partial charge in [-0.25, -0.2) is 4.79 Å². The second-order valence-corrected chi connectivity index (χ2v) is 6.37. The normalized spacial score (nSPS) is 11.2. The second-order valence-electron chi connectivity index (χ2n) is 6.37. The summed E-state index contributed by atoms with van der Waals surface area (Å²) in [5.41, 5.74) is 2.56. The predicted molar refractivity (Wildman–Crippen MR) is 105 cm³/mol. The van der Waals surface area contributed by atoms with Crippen LogP contribution in [0.4, 0.5) is 5.69 Å². The predicted octanol–water partition coefficient (Wildman–Crippen LogP) is 3.50. The zero-order chi connectivity index (χ0) is 19.0. The second kappa shape index (κ2) is 6.72. The van der Waals surface area contributed by atoms with E-state index < -0.39 is 5.63 Å². The molecule has 0 aliphatic carbocycles. The third-order valence-electron chi connectivity index (χ3n) is 4.71. The summed E-state index contributed by atoms with van der Waals surface area (Å²) in [6.07, 6.45) is 1.46. The molecule has 0 saturated heterocycles. The quantitative estimate of drug-likeness (QED) is 0.522. The fraction of sp³-hybridized carbons (Fsp3) is 0.190. The van der Waals surface area contributed by atoms with Gasteiger partial charge in [0.1, 0.15) is 17.5 Å². The van der Waals surface area contributed by atoms with Crippen LogP contribution in [0.5, 0.6) is 0 Å². The lowest BCUT2D eigenvalue weighted by molar-refractivity contribution is -0.119. The lowest BCUT2D eigenvalue weighted by Gasteiger charge is -2.23. The van der Waals surface area contributed by atoms with Crippen LogP contribution in [-0.4, -0.2) is 22.2 Å². The van der Waals surface area contributed by atoms with E-state index in [2.05, 4.69) is 5.10 Å². The first-order valence-electron chi connectivity index (χ1n) is 8.83. The zero-order valence-electron chi connectivity index (χ0n) is 15.2. The van der Waals surface area contributed by atoms with Crippen LogP contribution in [0.15, 0.2) is 63.9 Å². The Morgan fingerprint density at radius 3 is 2.63 bits per heavy atom. The summed E-state index contributed by atoms with van der Waals surface area (Å²) in [6.45, 7) is 4.51. The number of aryl methyl sites for hydroxylation is 1. The minimum absolute atomic E-state index is 0.0408. The monoisotopic (exact) mass is 361 g/mol. The van der Waals surface area contributed by atoms with Gasteiger partial charge in [-0.3, -0.25) is 9.48 Å². The van der Waals surface area contributed by atoms with Crippen LogP contribution >= 0.6 is 0 Å². The molecule has 0 unspecified atom stereocenters. The van der Waals surface area contributed by atoms with E-state index in [9.17, 15) is 9.59 Å². The molecular weight excluding hydrogens is 342 g/mol. The number of amides is 1. The van der Waals surface area contributed by atoms with Gasteiger partial charge in [-0.15, -0.1) is 0 Å². The Kier molecular flexibility index (Phi) is 4.24. The summed E-state index contributed by atoms with van der Waals surface area (Å²) >= 11 is 0. The van der Waals surface area contributed by atoms with Crippen molar-refractivity contribution >= 4 is 33.5 Å². The van der Waals surface area contributed by atoms with Crippen LogP contribution in [0.1, 0.15) is 12.5 Å². The smallest absolute Gasteiger partial charge is 0.347 e. The Labute approximate surface area is 155 Å². The summed E-state index contributed by atoms with van der Waals surface area (Å²) in [4.78, 5) is 27.0. The molecule has 27 heavy (non-hydrogen) atoms. The van der Waals surface area contributed by atoms with Crippen LogP contribution in [0.25, 0.3) is 21.9 Å². The standard InChI is InChI=1S/C21H19N3O3/c1-3-23(17-10-6-4-8-14(17)2)19(25)13-24-20-15-9-5-7-11-18(15)27-21(26)16(20)12-22-24/h4-12H,3,13H2,1-2H3. The van der Waals surface area contributed by atoms with Gasteiger partial charge in [-0.1, -0.05) is 30.3 Å². The van der Waals surface area contributed by atoms with Gasteiger partial charge >= 0.3 is 5.63 Å². The number of hydrogen-bond donors (Lipinski definition) is 0. The zero-order valence-corrected chi connectivity index (χ0v) is 15.2. The number of fused-ring (bicyclic) bond motifs is 3. The van der Waals surface area contributed by atoms with Crippen LogP contribution in [-0.2, 0) is 11.3 Å². The van der Waals surface area contributed by atoms with Gasteiger partial charge in [-0.05, 0) is 37.6 Å². The number of aromatic nitrogens is 2. The van der Waals surface area contributed by atoms with E-state index in [1.54, 1.807) is 21.7 Å². The highest BCUT2D eigenvalue weighted by Crippen LogP contribution is 2.24. The van der Waals surface area contributed by atoms with Crippen molar-refractivity contribution in [3.8, 4) is 0 Å². The SMILES string of the molecule is CCN(C(=O)Cn1ncc2c(=O)oc3ccccc3c21)c1ccccc1C. The fourth-order valence-electron chi connectivity index (χ4n) is 3.41. The molecule has 2 heterocycles. The molecule has 0 radical (unpaired) electrons. The number of carbonyl (C=O) groups is 1. The van der Waals surface area contributed by atoms with Crippen molar-refractivity contribution in [2.24, 2.45) is 0 Å². The highest BCUT2D eigenvalue weighted by atomic mass is 16.4. The largest absolute Gasteiger partial charge is 0.422 e. The lowest BCUT2D eigenvalue weighted by atomic mass is 10.1. The van der Waals surface area contributed by atoms with Gasteiger partial charge in [0.25, 0.3) is 0 Å². The molecule has 1 amide bonds. The number of rotatable bonds is 4. The molecule has 0 atom stereocenters. The molecule has 6 nitrogen and oxygen atoms in total. The Hall–Kier alpha value is -3.41. The molecule has 136 valence electrons. The molecule has 0 saturated carbocycles. The van der Waals surface area contributed by atoms with E-state index in [1.807, 2.05) is 50.2 Å². The minimum atomic E-state index is -0.450. The summed E-state index contributed by atoms with van der Waals surface area (Å²) in [7, 11) is 0. The molecule has 0 N–H and O–H groups in total. The molecule has 0 fully saturated rings. The lowest BCUT2D eigenvalue weighted by Crippen LogP contribution is -2.34. The third kappa shape index (κ3) is 2.89. The molecule has 2 aromatic heterocycles. The van der Waals surface area contributed by atoms with Crippen molar-refractivity contribution < 1.29 is 9.21 Å². The number of para-hydroxylation sites is 2. The highest BCUT2D eigenvalue weighted by Gasteiger charge is 2.19. The Morgan fingerprint density at radius 2 is 1.85 bits per heavy atom. The molecule has 0 aliphatic heterocycles. The Morgan fingerprint density at radius 1 is 1.11 bits per heavy atom. The first-order valence-corrected chi connectivity index (χ1v) is 8.83. The average Bonchev–Trinajstić information content (AvgIpc) is 3.08. The van der Waals surface area contributed by atoms with Crippen LogP contribution in [0, 0.1) is 6.92 Å². The topological polar surface area (TPSA) is 68.3 Å². The van der Waals surface area contributed by atoms with E-state index in [0.29, 0.717) is 23.0 Å². The van der Waals surface area contributed by atoms with E-state index in [0.717, 1.165) is 16.6 Å². The van der Waals surface area contributed by atoms with Crippen molar-refractivity contribution in [1.29, 1.82) is 0 Å². The number of anilines is 1. The molecule has 6 heteroatoms. The van der Waals surface area contributed by atoms with Crippen LogP contribution < -0.4 is 10.5 Å². The maximum Gasteiger partial charge on any atom is 0.347 e. The number of likely N-dealkylation sites (N-methyl/N-ethyl adjacent to an activating group) is 1. The van der Waals surface area contributed by atoms with Gasteiger partial charge in [0.05, 0.1) is 11.7 Å². The number of nitrogens with zero attached hydrogens (tertiary/aromatic N) is 3. The summed E-state index contributed by atoms with van der Waals surface area (Å²) in [6, 6.07) is 15.1. The maximum atomic E-state index is 13.0. The number of carbonyl (C=O) groups excluding carboxylic acids is 1. The van der Waals surface area contributed by atoms with Crippen molar-refractivity contribution in [3.63, 3.8) is 0 Å². The van der Waals surface area contributed by atoms with Crippen LogP contribution in [0.2, 0.25) is 0 Å². The highest BCUT2D eigenvalue weighted by molar-refractivity contribution is 6.03. The molecule has 0 bridgehead atoms. The van der Waals surface area contributed by atoms with Gasteiger partial charge in [-0.2, -0.15) is 5.10 Å². The van der Waals surface area contributed by atoms with E-state index in [1.165, 1.54) is 6.20 Å². The first kappa shape index (κ1) is 17.0. The van der Waals surface area contributed by atoms with Crippen molar-refractivity contribution in [3.05, 3.63) is 70.7 Å². The van der Waals surface area contributed by atoms with Gasteiger partial charge in [0, 0.05) is 17.6 Å². The number of hydrogen-bond acceptors (Lipinski definition) is 4. The van der Waals surface area contributed by atoms with Crippen LogP contribution in [0.3, 0.4) is 0 Å². The van der Waals surface area contributed by atoms with Crippen molar-refractivity contribution in [1.82, 2.24) is 9.78 Å². The summed E-state index contributed by atoms with van der Waals surface area (Å²) in [5, 5.41) is 5.42. The minimum Gasteiger partial charge on any atom is -0.422 e. The average molecular weight is 361 g/mol. The van der Waals surface area contributed by atoms with Gasteiger partial charge < -0.3 is 9.32 Å². The molecule has 4 aromatic rings. The number of benzene rings is 2. The third-order valence-corrected chi connectivity index (χ3v) is 4.71. The van der Waals surface area contributed by atoms with Crippen molar-refractivity contribution in [2.45, 2.75) is 20.4 Å². The molecular formula is C21H19N3O3. The van der Waals surface area contributed by atoms with Gasteiger partial charge in [0.15, 0.2) is 0 Å². The Balaban J connectivity index is 1.78. The molecule has 2 aromatic carbocycles.